The summed E-state index contributed by atoms with van der Waals surface area (Å²) >= 11 is 0. The normalized spacial score (nSPS) is 18.0. The fourth-order valence-electron chi connectivity index (χ4n) is 3.97. The molecule has 4 rings (SSSR count). The summed E-state index contributed by atoms with van der Waals surface area (Å²) in [5.74, 6) is 2.88. The van der Waals surface area contributed by atoms with Crippen LogP contribution < -0.4 is 15.1 Å². The second kappa shape index (κ2) is 12.0. The predicted octanol–water partition coefficient (Wildman–Crippen LogP) is 1.01. The zero-order valence-corrected chi connectivity index (χ0v) is 20.4. The number of aliphatic imine (C=N–C) groups is 1. The summed E-state index contributed by atoms with van der Waals surface area (Å²) in [6.45, 7) is 9.72. The quantitative estimate of drug-likeness (QED) is 0.344. The fraction of sp³-hybridized carbons (Fsp3) is 0.524. The lowest BCUT2D eigenvalue weighted by molar-refractivity contribution is 0.258. The topological polar surface area (TPSA) is 76.0 Å². The third-order valence-electron chi connectivity index (χ3n) is 5.68. The number of rotatable bonds is 5. The van der Waals surface area contributed by atoms with Crippen molar-refractivity contribution in [3.05, 3.63) is 42.9 Å². The van der Waals surface area contributed by atoms with Crippen LogP contribution in [0.4, 0.5) is 11.8 Å². The third kappa shape index (κ3) is 6.39. The average molecular weight is 537 g/mol. The van der Waals surface area contributed by atoms with Gasteiger partial charge in [0.15, 0.2) is 5.96 Å². The molecule has 1 N–H and O–H groups in total. The van der Waals surface area contributed by atoms with E-state index in [1.165, 1.54) is 0 Å². The molecule has 0 radical (unpaired) electrons. The van der Waals surface area contributed by atoms with E-state index in [0.29, 0.717) is 0 Å². The molecule has 2 aromatic rings. The highest BCUT2D eigenvalue weighted by molar-refractivity contribution is 14.0. The third-order valence-corrected chi connectivity index (χ3v) is 5.68. The first-order valence-electron chi connectivity index (χ1n) is 10.7. The van der Waals surface area contributed by atoms with Gasteiger partial charge in [0.1, 0.15) is 5.82 Å². The molecule has 2 fully saturated rings. The number of nitrogens with zero attached hydrogens (tertiary/aromatic N) is 8. The maximum atomic E-state index is 4.50. The van der Waals surface area contributed by atoms with Gasteiger partial charge < -0.3 is 20.0 Å². The lowest BCUT2D eigenvalue weighted by atomic mass is 10.3. The molecule has 0 atom stereocenters. The van der Waals surface area contributed by atoms with Gasteiger partial charge in [-0.3, -0.25) is 9.89 Å². The Morgan fingerprint density at radius 3 is 2.19 bits per heavy atom. The first-order valence-corrected chi connectivity index (χ1v) is 10.7. The van der Waals surface area contributed by atoms with Crippen LogP contribution >= 0.6 is 24.0 Å². The van der Waals surface area contributed by atoms with Gasteiger partial charge in [-0.1, -0.05) is 6.07 Å². The summed E-state index contributed by atoms with van der Waals surface area (Å²) < 4.78 is 0. The van der Waals surface area contributed by atoms with E-state index in [4.69, 9.17) is 0 Å². The van der Waals surface area contributed by atoms with Gasteiger partial charge in [-0.25, -0.2) is 15.0 Å². The van der Waals surface area contributed by atoms with Crippen LogP contribution in [0.5, 0.6) is 0 Å². The van der Waals surface area contributed by atoms with E-state index < -0.39 is 0 Å². The number of hydrogen-bond acceptors (Lipinski definition) is 7. The van der Waals surface area contributed by atoms with Gasteiger partial charge >= 0.3 is 0 Å². The molecule has 0 unspecified atom stereocenters. The molecule has 10 heteroatoms. The first kappa shape index (κ1) is 23.5. The Morgan fingerprint density at radius 1 is 0.871 bits per heavy atom. The Morgan fingerprint density at radius 2 is 1.55 bits per heavy atom. The van der Waals surface area contributed by atoms with Gasteiger partial charge in [-0.15, -0.1) is 24.0 Å². The summed E-state index contributed by atoms with van der Waals surface area (Å²) in [7, 11) is 1.87. The van der Waals surface area contributed by atoms with Crippen molar-refractivity contribution >= 4 is 41.7 Å². The maximum Gasteiger partial charge on any atom is 0.225 e. The largest absolute Gasteiger partial charge is 0.355 e. The molecule has 2 aliphatic heterocycles. The molecule has 9 nitrogen and oxygen atoms in total. The molecule has 2 aromatic heterocycles. The average Bonchev–Trinajstić information content (AvgIpc) is 2.84. The van der Waals surface area contributed by atoms with E-state index in [-0.39, 0.29) is 24.0 Å². The molecule has 0 aliphatic carbocycles. The molecule has 31 heavy (non-hydrogen) atoms. The van der Waals surface area contributed by atoms with Crippen molar-refractivity contribution in [3.63, 3.8) is 0 Å². The van der Waals surface area contributed by atoms with E-state index in [9.17, 15) is 0 Å². The second-order valence-electron chi connectivity index (χ2n) is 7.51. The van der Waals surface area contributed by atoms with Gasteiger partial charge in [-0.05, 0) is 18.2 Å². The van der Waals surface area contributed by atoms with Crippen molar-refractivity contribution in [2.75, 3.05) is 82.3 Å². The van der Waals surface area contributed by atoms with Crippen LogP contribution in [-0.2, 0) is 0 Å². The Kier molecular flexibility index (Phi) is 9.07. The predicted molar refractivity (Wildman–Crippen MR) is 135 cm³/mol. The molecule has 0 bridgehead atoms. The van der Waals surface area contributed by atoms with Crippen molar-refractivity contribution in [3.8, 4) is 0 Å². The summed E-state index contributed by atoms with van der Waals surface area (Å²) in [5.41, 5.74) is 0. The Bertz CT molecular complexity index is 789. The number of nitrogens with one attached hydrogen (secondary N) is 1. The SMILES string of the molecule is CN=C(NCCN1CCN(c2ncccn2)CC1)N1CCN(c2ccccn2)CC1.I. The molecular formula is C21H32IN9. The zero-order chi connectivity index (χ0) is 20.6. The smallest absolute Gasteiger partial charge is 0.225 e. The van der Waals surface area contributed by atoms with Gasteiger partial charge in [0.25, 0.3) is 0 Å². The fourth-order valence-corrected chi connectivity index (χ4v) is 3.97. The van der Waals surface area contributed by atoms with E-state index >= 15 is 0 Å². The minimum atomic E-state index is 0. The number of halogens is 1. The van der Waals surface area contributed by atoms with Gasteiger partial charge in [-0.2, -0.15) is 0 Å². The molecule has 0 amide bonds. The number of hydrogen-bond donors (Lipinski definition) is 1. The second-order valence-corrected chi connectivity index (χ2v) is 7.51. The van der Waals surface area contributed by atoms with Crippen LogP contribution in [0.1, 0.15) is 0 Å². The Balaban J connectivity index is 0.00000272. The zero-order valence-electron chi connectivity index (χ0n) is 18.1. The highest BCUT2D eigenvalue weighted by Gasteiger charge is 2.21. The van der Waals surface area contributed by atoms with Crippen molar-refractivity contribution in [1.82, 2.24) is 30.1 Å². The minimum Gasteiger partial charge on any atom is -0.355 e. The molecule has 168 valence electrons. The van der Waals surface area contributed by atoms with Gasteiger partial charge in [0, 0.05) is 91.1 Å². The maximum absolute atomic E-state index is 4.50. The van der Waals surface area contributed by atoms with Crippen molar-refractivity contribution in [1.29, 1.82) is 0 Å². The summed E-state index contributed by atoms with van der Waals surface area (Å²) in [6.07, 6.45) is 5.47. The van der Waals surface area contributed by atoms with E-state index in [0.717, 1.165) is 83.2 Å². The van der Waals surface area contributed by atoms with Gasteiger partial charge in [0.2, 0.25) is 5.95 Å². The summed E-state index contributed by atoms with van der Waals surface area (Å²) in [6, 6.07) is 7.94. The van der Waals surface area contributed by atoms with Crippen LogP contribution in [0.25, 0.3) is 0 Å². The number of pyridine rings is 1. The first-order chi connectivity index (χ1) is 14.8. The van der Waals surface area contributed by atoms with Crippen molar-refractivity contribution in [2.45, 2.75) is 0 Å². The van der Waals surface area contributed by atoms with Crippen LogP contribution in [0, 0.1) is 0 Å². The minimum absolute atomic E-state index is 0. The Labute approximate surface area is 201 Å². The molecule has 4 heterocycles. The van der Waals surface area contributed by atoms with Gasteiger partial charge in [0.05, 0.1) is 0 Å². The molecule has 0 saturated carbocycles. The molecule has 2 aliphatic rings. The number of piperazine rings is 2. The number of guanidine groups is 1. The van der Waals surface area contributed by atoms with Crippen molar-refractivity contribution < 1.29 is 0 Å². The number of anilines is 2. The van der Waals surface area contributed by atoms with Crippen molar-refractivity contribution in [2.24, 2.45) is 4.99 Å². The summed E-state index contributed by atoms with van der Waals surface area (Å²) in [4.78, 5) is 27.1. The standard InChI is InChI=1S/C21H31N9.HI/c1-22-20(29-17-15-28(16-18-29)19-5-2-3-6-23-19)26-9-10-27-11-13-30(14-12-27)21-24-7-4-8-25-21;/h2-8H,9-18H2,1H3,(H,22,26);1H. The molecule has 0 spiro atoms. The van der Waals surface area contributed by atoms with Crippen LogP contribution in [0.2, 0.25) is 0 Å². The van der Waals surface area contributed by atoms with Crippen LogP contribution in [0.3, 0.4) is 0 Å². The molecule has 0 aromatic carbocycles. The van der Waals surface area contributed by atoms with E-state index in [1.54, 1.807) is 12.4 Å². The monoisotopic (exact) mass is 537 g/mol. The highest BCUT2D eigenvalue weighted by atomic mass is 127. The van der Waals surface area contributed by atoms with Crippen LogP contribution in [0.15, 0.2) is 47.8 Å². The van der Waals surface area contributed by atoms with Crippen LogP contribution in [-0.4, -0.2) is 103 Å². The lowest BCUT2D eigenvalue weighted by Crippen LogP contribution is -2.54. The summed E-state index contributed by atoms with van der Waals surface area (Å²) in [5, 5.41) is 3.55. The Hall–Kier alpha value is -2.21. The molecule has 2 saturated heterocycles. The highest BCUT2D eigenvalue weighted by Crippen LogP contribution is 2.13. The van der Waals surface area contributed by atoms with E-state index in [1.807, 2.05) is 31.4 Å². The lowest BCUT2D eigenvalue weighted by Gasteiger charge is -2.37. The van der Waals surface area contributed by atoms with E-state index in [2.05, 4.69) is 50.9 Å². The molecular weight excluding hydrogens is 505 g/mol. The number of aromatic nitrogens is 3.